The van der Waals surface area contributed by atoms with Crippen LogP contribution in [0.3, 0.4) is 0 Å². The van der Waals surface area contributed by atoms with Gasteiger partial charge in [-0.2, -0.15) is 0 Å². The molecule has 1 aliphatic rings. The van der Waals surface area contributed by atoms with E-state index in [1.807, 2.05) is 0 Å². The van der Waals surface area contributed by atoms with E-state index in [0.717, 1.165) is 11.0 Å². The number of hydrogen-bond acceptors (Lipinski definition) is 2. The first-order valence-electron chi connectivity index (χ1n) is 8.48. The number of halogens is 1. The summed E-state index contributed by atoms with van der Waals surface area (Å²) in [4.78, 5) is 2.57. The Morgan fingerprint density at radius 1 is 1.09 bits per heavy atom. The van der Waals surface area contributed by atoms with Crippen LogP contribution in [-0.2, 0) is 6.54 Å². The van der Waals surface area contributed by atoms with Crippen molar-refractivity contribution in [1.29, 1.82) is 0 Å². The molecule has 1 atom stereocenters. The van der Waals surface area contributed by atoms with E-state index in [2.05, 4.69) is 87.7 Å². The van der Waals surface area contributed by atoms with Gasteiger partial charge in [-0.25, -0.2) is 0 Å². The Morgan fingerprint density at radius 2 is 1.83 bits per heavy atom. The maximum absolute atomic E-state index is 3.80. The molecule has 0 saturated carbocycles. The molecule has 1 fully saturated rings. The third-order valence-corrected chi connectivity index (χ3v) is 5.16. The molecular formula is C20H25BrN2. The molecule has 3 heteroatoms. The lowest BCUT2D eigenvalue weighted by atomic mass is 10.0. The van der Waals surface area contributed by atoms with Crippen molar-refractivity contribution in [2.24, 2.45) is 0 Å². The van der Waals surface area contributed by atoms with Crippen LogP contribution in [0.4, 0.5) is 0 Å². The number of piperidine rings is 1. The lowest BCUT2D eigenvalue weighted by Gasteiger charge is -2.34. The van der Waals surface area contributed by atoms with Gasteiger partial charge in [0.05, 0.1) is 0 Å². The standard InChI is InChI=1S/C20H25BrN2/c1-16(18-8-5-9-19(21)14-18)22-20-10-12-23(13-11-20)15-17-6-3-2-4-7-17/h2-9,14,16,20,22H,10-13,15H2,1H3/t16-/m1/s1. The van der Waals surface area contributed by atoms with Crippen LogP contribution in [0.2, 0.25) is 0 Å². The minimum absolute atomic E-state index is 0.401. The molecule has 3 rings (SSSR count). The third-order valence-electron chi connectivity index (χ3n) is 4.67. The van der Waals surface area contributed by atoms with E-state index < -0.39 is 0 Å². The van der Waals surface area contributed by atoms with Gasteiger partial charge in [0.2, 0.25) is 0 Å². The van der Waals surface area contributed by atoms with Crippen molar-refractivity contribution < 1.29 is 0 Å². The minimum atomic E-state index is 0.401. The minimum Gasteiger partial charge on any atom is -0.307 e. The molecule has 0 spiro atoms. The fourth-order valence-electron chi connectivity index (χ4n) is 3.33. The first kappa shape index (κ1) is 16.7. The number of nitrogens with one attached hydrogen (secondary N) is 1. The van der Waals surface area contributed by atoms with E-state index in [4.69, 9.17) is 0 Å². The Bertz CT molecular complexity index is 606. The molecule has 0 bridgehead atoms. The third kappa shape index (κ3) is 4.90. The highest BCUT2D eigenvalue weighted by molar-refractivity contribution is 9.10. The van der Waals surface area contributed by atoms with Gasteiger partial charge in [0, 0.05) is 23.1 Å². The summed E-state index contributed by atoms with van der Waals surface area (Å²) in [6.45, 7) is 5.70. The summed E-state index contributed by atoms with van der Waals surface area (Å²) < 4.78 is 1.15. The molecule has 0 unspecified atom stereocenters. The van der Waals surface area contributed by atoms with Crippen molar-refractivity contribution in [3.05, 3.63) is 70.2 Å². The van der Waals surface area contributed by atoms with Crippen LogP contribution in [0.5, 0.6) is 0 Å². The Hall–Kier alpha value is -1.16. The number of nitrogens with zero attached hydrogens (tertiary/aromatic N) is 1. The average molecular weight is 373 g/mol. The number of rotatable bonds is 5. The summed E-state index contributed by atoms with van der Waals surface area (Å²) in [6.07, 6.45) is 2.45. The van der Waals surface area contributed by atoms with E-state index in [-0.39, 0.29) is 0 Å². The second kappa shape index (κ2) is 8.09. The predicted molar refractivity (Wildman–Crippen MR) is 100 cm³/mol. The fraction of sp³-hybridized carbons (Fsp3) is 0.400. The zero-order chi connectivity index (χ0) is 16.1. The number of likely N-dealkylation sites (tertiary alicyclic amines) is 1. The Kier molecular flexibility index (Phi) is 5.87. The van der Waals surface area contributed by atoms with Gasteiger partial charge >= 0.3 is 0 Å². The Balaban J connectivity index is 1.47. The zero-order valence-corrected chi connectivity index (χ0v) is 15.3. The van der Waals surface area contributed by atoms with Crippen molar-refractivity contribution in [3.8, 4) is 0 Å². The molecule has 23 heavy (non-hydrogen) atoms. The van der Waals surface area contributed by atoms with E-state index >= 15 is 0 Å². The first-order valence-corrected chi connectivity index (χ1v) is 9.28. The molecule has 0 aliphatic carbocycles. The van der Waals surface area contributed by atoms with E-state index in [0.29, 0.717) is 12.1 Å². The van der Waals surface area contributed by atoms with Gasteiger partial charge < -0.3 is 5.32 Å². The molecule has 0 aromatic heterocycles. The Labute approximate surface area is 148 Å². The molecule has 1 heterocycles. The molecule has 2 nitrogen and oxygen atoms in total. The Morgan fingerprint density at radius 3 is 2.52 bits per heavy atom. The molecular weight excluding hydrogens is 348 g/mol. The predicted octanol–water partition coefficient (Wildman–Crippen LogP) is 4.76. The van der Waals surface area contributed by atoms with Crippen molar-refractivity contribution >= 4 is 15.9 Å². The van der Waals surface area contributed by atoms with E-state index in [9.17, 15) is 0 Å². The second-order valence-electron chi connectivity index (χ2n) is 6.48. The monoisotopic (exact) mass is 372 g/mol. The van der Waals surface area contributed by atoms with Crippen molar-refractivity contribution in [2.75, 3.05) is 13.1 Å². The molecule has 2 aromatic carbocycles. The van der Waals surface area contributed by atoms with Crippen LogP contribution in [0.25, 0.3) is 0 Å². The van der Waals surface area contributed by atoms with Crippen LogP contribution < -0.4 is 5.32 Å². The van der Waals surface area contributed by atoms with Gasteiger partial charge in [-0.3, -0.25) is 4.90 Å². The van der Waals surface area contributed by atoms with Crippen LogP contribution in [0.1, 0.15) is 36.9 Å². The number of benzene rings is 2. The SMILES string of the molecule is C[C@@H](NC1CCN(Cc2ccccc2)CC1)c1cccc(Br)c1. The average Bonchev–Trinajstić information content (AvgIpc) is 2.57. The molecule has 0 amide bonds. The normalized spacial score (nSPS) is 18.0. The van der Waals surface area contributed by atoms with Crippen LogP contribution >= 0.6 is 15.9 Å². The maximum atomic E-state index is 3.80. The van der Waals surface area contributed by atoms with E-state index in [1.54, 1.807) is 0 Å². The summed E-state index contributed by atoms with van der Waals surface area (Å²) in [5, 5.41) is 3.80. The van der Waals surface area contributed by atoms with Gasteiger partial charge in [0.25, 0.3) is 0 Å². The molecule has 1 saturated heterocycles. The van der Waals surface area contributed by atoms with Crippen molar-refractivity contribution in [2.45, 2.75) is 38.4 Å². The van der Waals surface area contributed by atoms with Gasteiger partial charge in [0.1, 0.15) is 0 Å². The fourth-order valence-corrected chi connectivity index (χ4v) is 3.74. The van der Waals surface area contributed by atoms with Crippen LogP contribution in [-0.4, -0.2) is 24.0 Å². The number of hydrogen-bond donors (Lipinski definition) is 1. The zero-order valence-electron chi connectivity index (χ0n) is 13.7. The largest absolute Gasteiger partial charge is 0.307 e. The summed E-state index contributed by atoms with van der Waals surface area (Å²) in [5.41, 5.74) is 2.77. The molecule has 1 aliphatic heterocycles. The van der Waals surface area contributed by atoms with Crippen LogP contribution in [0, 0.1) is 0 Å². The topological polar surface area (TPSA) is 15.3 Å². The first-order chi connectivity index (χ1) is 11.2. The molecule has 1 N–H and O–H groups in total. The smallest absolute Gasteiger partial charge is 0.0294 e. The van der Waals surface area contributed by atoms with Crippen molar-refractivity contribution in [3.63, 3.8) is 0 Å². The summed E-state index contributed by atoms with van der Waals surface area (Å²) in [7, 11) is 0. The lowest BCUT2D eigenvalue weighted by Crippen LogP contribution is -2.42. The van der Waals surface area contributed by atoms with Gasteiger partial charge in [0.15, 0.2) is 0 Å². The summed E-state index contributed by atoms with van der Waals surface area (Å²) >= 11 is 3.56. The highest BCUT2D eigenvalue weighted by Crippen LogP contribution is 2.21. The van der Waals surface area contributed by atoms with Gasteiger partial charge in [-0.15, -0.1) is 0 Å². The van der Waals surface area contributed by atoms with E-state index in [1.165, 1.54) is 37.1 Å². The quantitative estimate of drug-likeness (QED) is 0.813. The molecule has 122 valence electrons. The van der Waals surface area contributed by atoms with Gasteiger partial charge in [-0.05, 0) is 56.1 Å². The molecule has 2 aromatic rings. The maximum Gasteiger partial charge on any atom is 0.0294 e. The van der Waals surface area contributed by atoms with Crippen molar-refractivity contribution in [1.82, 2.24) is 10.2 Å². The van der Waals surface area contributed by atoms with Crippen LogP contribution in [0.15, 0.2) is 59.1 Å². The molecule has 0 radical (unpaired) electrons. The summed E-state index contributed by atoms with van der Waals surface area (Å²) in [6, 6.07) is 20.4. The summed E-state index contributed by atoms with van der Waals surface area (Å²) in [5.74, 6) is 0. The second-order valence-corrected chi connectivity index (χ2v) is 7.40. The lowest BCUT2D eigenvalue weighted by molar-refractivity contribution is 0.185. The van der Waals surface area contributed by atoms with Gasteiger partial charge in [-0.1, -0.05) is 58.4 Å². The highest BCUT2D eigenvalue weighted by Gasteiger charge is 2.20. The highest BCUT2D eigenvalue weighted by atomic mass is 79.9.